The number of benzene rings is 2. The minimum Gasteiger partial charge on any atom is -0.350 e. The molecule has 4 aromatic rings. The number of para-hydroxylation sites is 3. The van der Waals surface area contributed by atoms with Crippen LogP contribution in [0.5, 0.6) is 0 Å². The number of hydrogen-bond acceptors (Lipinski definition) is 2. The summed E-state index contributed by atoms with van der Waals surface area (Å²) in [6.45, 7) is 4.76. The van der Waals surface area contributed by atoms with E-state index in [1.807, 2.05) is 25.2 Å². The molecule has 0 spiro atoms. The van der Waals surface area contributed by atoms with E-state index >= 15 is 0 Å². The lowest BCUT2D eigenvalue weighted by Crippen LogP contribution is -2.40. The molecule has 1 amide bonds. The summed E-state index contributed by atoms with van der Waals surface area (Å²) in [6, 6.07) is 16.7. The summed E-state index contributed by atoms with van der Waals surface area (Å²) in [7, 11) is 2.05. The Morgan fingerprint density at radius 2 is 1.73 bits per heavy atom. The highest BCUT2D eigenvalue weighted by Crippen LogP contribution is 2.25. The Morgan fingerprint density at radius 1 is 1.03 bits per heavy atom. The van der Waals surface area contributed by atoms with Crippen LogP contribution in [0.3, 0.4) is 0 Å². The number of piperidine rings is 1. The molecule has 0 bridgehead atoms. The van der Waals surface area contributed by atoms with Crippen molar-refractivity contribution < 1.29 is 4.79 Å². The Labute approximate surface area is 176 Å². The molecule has 0 N–H and O–H groups in total. The van der Waals surface area contributed by atoms with Gasteiger partial charge in [0.2, 0.25) is 5.91 Å². The Morgan fingerprint density at radius 3 is 2.53 bits per heavy atom. The van der Waals surface area contributed by atoms with Gasteiger partial charge in [0.15, 0.2) is 0 Å². The number of likely N-dealkylation sites (tertiary alicyclic amines) is 1. The number of carbonyl (C=O) groups is 1. The largest absolute Gasteiger partial charge is 0.350 e. The number of rotatable bonds is 4. The first-order chi connectivity index (χ1) is 14.6. The first kappa shape index (κ1) is 18.9. The molecule has 0 radical (unpaired) electrons. The summed E-state index contributed by atoms with van der Waals surface area (Å²) in [5.74, 6) is 1.91. The third-order valence-electron chi connectivity index (χ3n) is 6.57. The first-order valence-electron chi connectivity index (χ1n) is 10.8. The number of hydrogen-bond donors (Lipinski definition) is 0. The summed E-state index contributed by atoms with van der Waals surface area (Å²) in [6.07, 6.45) is 4.68. The number of imidazole rings is 1. The Kier molecular flexibility index (Phi) is 4.81. The molecule has 154 valence electrons. The molecule has 5 nitrogen and oxygen atoms in total. The summed E-state index contributed by atoms with van der Waals surface area (Å²) >= 11 is 0. The monoisotopic (exact) mass is 400 g/mol. The molecule has 2 aromatic heterocycles. The molecule has 1 aliphatic heterocycles. The number of aryl methyl sites for hydroxylation is 2. The van der Waals surface area contributed by atoms with Crippen molar-refractivity contribution in [2.24, 2.45) is 13.0 Å². The Balaban J connectivity index is 1.23. The van der Waals surface area contributed by atoms with Crippen molar-refractivity contribution in [3.63, 3.8) is 0 Å². The van der Waals surface area contributed by atoms with Gasteiger partial charge in [0.25, 0.3) is 0 Å². The normalized spacial score (nSPS) is 15.3. The van der Waals surface area contributed by atoms with Crippen LogP contribution in [0.1, 0.15) is 24.2 Å². The highest BCUT2D eigenvalue weighted by Gasteiger charge is 2.24. The van der Waals surface area contributed by atoms with E-state index in [4.69, 9.17) is 4.98 Å². The van der Waals surface area contributed by atoms with Gasteiger partial charge in [-0.3, -0.25) is 4.79 Å². The molecule has 0 aliphatic carbocycles. The van der Waals surface area contributed by atoms with Crippen LogP contribution in [0.25, 0.3) is 21.9 Å². The van der Waals surface area contributed by atoms with Gasteiger partial charge in [-0.15, -0.1) is 0 Å². The number of nitrogens with zero attached hydrogens (tertiary/aromatic N) is 4. The van der Waals surface area contributed by atoms with Crippen LogP contribution in [0.4, 0.5) is 0 Å². The summed E-state index contributed by atoms with van der Waals surface area (Å²) in [5.41, 5.74) is 4.59. The predicted octanol–water partition coefficient (Wildman–Crippen LogP) is 4.32. The zero-order valence-electron chi connectivity index (χ0n) is 17.7. The molecule has 5 rings (SSSR count). The number of aromatic nitrogens is 3. The second kappa shape index (κ2) is 7.63. The van der Waals surface area contributed by atoms with E-state index in [0.29, 0.717) is 12.3 Å². The lowest BCUT2D eigenvalue weighted by Gasteiger charge is -2.32. The van der Waals surface area contributed by atoms with E-state index in [9.17, 15) is 4.79 Å². The zero-order valence-corrected chi connectivity index (χ0v) is 17.7. The maximum Gasteiger partial charge on any atom is 0.227 e. The third-order valence-corrected chi connectivity index (χ3v) is 6.57. The lowest BCUT2D eigenvalue weighted by molar-refractivity contribution is -0.131. The van der Waals surface area contributed by atoms with Crippen molar-refractivity contribution in [2.75, 3.05) is 13.1 Å². The molecule has 0 saturated carbocycles. The average molecular weight is 401 g/mol. The highest BCUT2D eigenvalue weighted by atomic mass is 16.2. The second-order valence-electron chi connectivity index (χ2n) is 8.54. The van der Waals surface area contributed by atoms with Crippen LogP contribution in [0.2, 0.25) is 0 Å². The van der Waals surface area contributed by atoms with Gasteiger partial charge in [-0.05, 0) is 49.4 Å². The summed E-state index contributed by atoms with van der Waals surface area (Å²) in [4.78, 5) is 19.7. The van der Waals surface area contributed by atoms with E-state index in [1.165, 1.54) is 16.4 Å². The van der Waals surface area contributed by atoms with Crippen molar-refractivity contribution in [1.29, 1.82) is 0 Å². The summed E-state index contributed by atoms with van der Waals surface area (Å²) in [5, 5.41) is 1.19. The van der Waals surface area contributed by atoms with Gasteiger partial charge in [-0.25, -0.2) is 4.98 Å². The van der Waals surface area contributed by atoms with Crippen LogP contribution < -0.4 is 0 Å². The Hall–Kier alpha value is -3.08. The van der Waals surface area contributed by atoms with Gasteiger partial charge >= 0.3 is 0 Å². The zero-order chi connectivity index (χ0) is 20.7. The molecule has 1 saturated heterocycles. The molecule has 30 heavy (non-hydrogen) atoms. The van der Waals surface area contributed by atoms with Crippen molar-refractivity contribution in [2.45, 2.75) is 32.7 Å². The number of amides is 1. The van der Waals surface area contributed by atoms with Crippen LogP contribution in [-0.4, -0.2) is 38.0 Å². The van der Waals surface area contributed by atoms with Crippen LogP contribution in [0.15, 0.2) is 54.7 Å². The maximum atomic E-state index is 13.0. The number of carbonyl (C=O) groups excluding carboxylic acids is 1. The molecule has 1 fully saturated rings. The maximum absolute atomic E-state index is 13.0. The van der Waals surface area contributed by atoms with E-state index in [2.05, 4.69) is 57.5 Å². The minimum atomic E-state index is 0.245. The molecule has 0 unspecified atom stereocenters. The molecular weight excluding hydrogens is 372 g/mol. The van der Waals surface area contributed by atoms with E-state index in [-0.39, 0.29) is 5.91 Å². The predicted molar refractivity (Wildman–Crippen MR) is 120 cm³/mol. The summed E-state index contributed by atoms with van der Waals surface area (Å²) < 4.78 is 4.45. The molecule has 2 aromatic carbocycles. The van der Waals surface area contributed by atoms with Crippen molar-refractivity contribution in [3.8, 4) is 0 Å². The van der Waals surface area contributed by atoms with Gasteiger partial charge in [0.05, 0.1) is 17.5 Å². The van der Waals surface area contributed by atoms with E-state index in [1.54, 1.807) is 0 Å². The quantitative estimate of drug-likeness (QED) is 0.512. The van der Waals surface area contributed by atoms with Crippen LogP contribution in [0, 0.1) is 12.8 Å². The third kappa shape index (κ3) is 3.38. The highest BCUT2D eigenvalue weighted by molar-refractivity contribution is 5.89. The Bertz CT molecular complexity index is 1210. The van der Waals surface area contributed by atoms with Gasteiger partial charge in [0.1, 0.15) is 5.82 Å². The minimum absolute atomic E-state index is 0.245. The average Bonchev–Trinajstić information content (AvgIpc) is 3.25. The SMILES string of the molecule is Cc1nc2ccccc2n1CC1CCN(C(=O)Cc2cn(C)c3ccccc23)CC1. The molecule has 1 aliphatic rings. The molecule has 5 heteroatoms. The van der Waals surface area contributed by atoms with Crippen LogP contribution >= 0.6 is 0 Å². The van der Waals surface area contributed by atoms with Crippen molar-refractivity contribution in [3.05, 3.63) is 66.1 Å². The van der Waals surface area contributed by atoms with E-state index < -0.39 is 0 Å². The first-order valence-corrected chi connectivity index (χ1v) is 10.8. The second-order valence-corrected chi connectivity index (χ2v) is 8.54. The fourth-order valence-corrected chi connectivity index (χ4v) is 4.89. The fourth-order valence-electron chi connectivity index (χ4n) is 4.89. The fraction of sp³-hybridized carbons (Fsp3) is 0.360. The van der Waals surface area contributed by atoms with Crippen LogP contribution in [-0.2, 0) is 24.8 Å². The smallest absolute Gasteiger partial charge is 0.227 e. The van der Waals surface area contributed by atoms with Crippen molar-refractivity contribution in [1.82, 2.24) is 19.0 Å². The molecular formula is C25H28N4O. The van der Waals surface area contributed by atoms with Gasteiger partial charge in [-0.2, -0.15) is 0 Å². The van der Waals surface area contributed by atoms with Gasteiger partial charge in [0, 0.05) is 43.8 Å². The van der Waals surface area contributed by atoms with E-state index in [0.717, 1.165) is 49.4 Å². The standard InChI is InChI=1S/C25H28N4O/c1-18-26-22-8-4-6-10-24(22)29(18)16-19-11-13-28(14-12-19)25(30)15-20-17-27(2)23-9-5-3-7-21(20)23/h3-10,17,19H,11-16H2,1-2H3. The van der Waals surface area contributed by atoms with Crippen molar-refractivity contribution >= 4 is 27.8 Å². The molecule has 0 atom stereocenters. The van der Waals surface area contributed by atoms with Gasteiger partial charge < -0.3 is 14.0 Å². The van der Waals surface area contributed by atoms with Gasteiger partial charge in [-0.1, -0.05) is 30.3 Å². The number of fused-ring (bicyclic) bond motifs is 2. The topological polar surface area (TPSA) is 43.1 Å². The molecule has 3 heterocycles. The lowest BCUT2D eigenvalue weighted by atomic mass is 9.96.